The largest absolute Gasteiger partial charge is 0.261 e. The van der Waals surface area contributed by atoms with E-state index >= 15 is 0 Å². The molecule has 0 saturated carbocycles. The minimum Gasteiger partial charge on any atom is -0.261 e. The standard InChI is InChI=1S/C11H17N.2C10H16N2/c1-8(2)10-5-6-11(9(3)4)12-7-10;1-7(2)9-5-12-10(6-11-9)8(3)4;1-7(2)9-5-6-10(8(3)4)12-11-9/h5-9H,1-4H3;2*5-8H,1-4H3. The van der Waals surface area contributed by atoms with E-state index in [9.17, 15) is 0 Å². The quantitative estimate of drug-likeness (QED) is 0.345. The molecule has 5 nitrogen and oxygen atoms in total. The van der Waals surface area contributed by atoms with Crippen LogP contribution in [0.1, 0.15) is 153 Å². The number of hydrogen-bond acceptors (Lipinski definition) is 5. The van der Waals surface area contributed by atoms with Gasteiger partial charge in [0.25, 0.3) is 0 Å². The van der Waals surface area contributed by atoms with Crippen molar-refractivity contribution in [2.75, 3.05) is 0 Å². The van der Waals surface area contributed by atoms with Crippen molar-refractivity contribution in [1.82, 2.24) is 25.1 Å². The summed E-state index contributed by atoms with van der Waals surface area (Å²) in [5.74, 6) is 3.00. The van der Waals surface area contributed by atoms with Gasteiger partial charge in [0.15, 0.2) is 0 Å². The van der Waals surface area contributed by atoms with Gasteiger partial charge in [-0.1, -0.05) is 89.2 Å². The maximum absolute atomic E-state index is 4.40. The van der Waals surface area contributed by atoms with Gasteiger partial charge < -0.3 is 0 Å². The van der Waals surface area contributed by atoms with E-state index in [1.165, 1.54) is 11.3 Å². The molecule has 0 N–H and O–H groups in total. The van der Waals surface area contributed by atoms with Crippen LogP contribution in [0.5, 0.6) is 0 Å². The molecule has 3 aromatic rings. The fraction of sp³-hybridized carbons (Fsp3) is 0.581. The molecule has 0 radical (unpaired) electrons. The molecule has 0 bridgehead atoms. The van der Waals surface area contributed by atoms with Crippen molar-refractivity contribution in [1.29, 1.82) is 0 Å². The van der Waals surface area contributed by atoms with E-state index in [0.29, 0.717) is 35.5 Å². The zero-order valence-electron chi connectivity index (χ0n) is 24.7. The van der Waals surface area contributed by atoms with E-state index in [1.807, 2.05) is 18.6 Å². The first-order chi connectivity index (χ1) is 16.8. The Balaban J connectivity index is 0.000000270. The van der Waals surface area contributed by atoms with Crippen molar-refractivity contribution >= 4 is 0 Å². The summed E-state index contributed by atoms with van der Waals surface area (Å²) in [4.78, 5) is 13.1. The number of hydrogen-bond donors (Lipinski definition) is 0. The van der Waals surface area contributed by atoms with Crippen LogP contribution in [-0.4, -0.2) is 25.1 Å². The van der Waals surface area contributed by atoms with Gasteiger partial charge in [-0.15, -0.1) is 0 Å². The lowest BCUT2D eigenvalue weighted by Crippen LogP contribution is -1.99. The van der Waals surface area contributed by atoms with Gasteiger partial charge in [0, 0.05) is 24.3 Å². The molecule has 36 heavy (non-hydrogen) atoms. The maximum atomic E-state index is 4.40. The van der Waals surface area contributed by atoms with Crippen molar-refractivity contribution in [3.63, 3.8) is 0 Å². The van der Waals surface area contributed by atoms with E-state index in [2.05, 4.69) is 132 Å². The van der Waals surface area contributed by atoms with Gasteiger partial charge in [-0.2, -0.15) is 10.2 Å². The minimum absolute atomic E-state index is 0.471. The second-order valence-corrected chi connectivity index (χ2v) is 11.2. The Hall–Kier alpha value is -2.69. The highest BCUT2D eigenvalue weighted by Crippen LogP contribution is 2.17. The second-order valence-electron chi connectivity index (χ2n) is 11.2. The Labute approximate surface area is 220 Å². The summed E-state index contributed by atoms with van der Waals surface area (Å²) in [7, 11) is 0. The molecule has 3 aromatic heterocycles. The van der Waals surface area contributed by atoms with Gasteiger partial charge in [-0.3, -0.25) is 15.0 Å². The van der Waals surface area contributed by atoms with Gasteiger partial charge in [0.1, 0.15) is 0 Å². The van der Waals surface area contributed by atoms with Gasteiger partial charge in [0.05, 0.1) is 22.8 Å². The fourth-order valence-corrected chi connectivity index (χ4v) is 3.01. The van der Waals surface area contributed by atoms with Crippen molar-refractivity contribution < 1.29 is 0 Å². The molecular weight excluding hydrogens is 442 g/mol. The molecule has 3 rings (SSSR count). The summed E-state index contributed by atoms with van der Waals surface area (Å²) in [6, 6.07) is 8.42. The highest BCUT2D eigenvalue weighted by atomic mass is 15.1. The van der Waals surface area contributed by atoms with Crippen molar-refractivity contribution in [3.05, 3.63) is 76.9 Å². The predicted octanol–water partition coefficient (Wildman–Crippen LogP) is 8.78. The first-order valence-corrected chi connectivity index (χ1v) is 13.4. The summed E-state index contributed by atoms with van der Waals surface area (Å²) in [5.41, 5.74) is 6.77. The lowest BCUT2D eigenvalue weighted by atomic mass is 10.0. The highest BCUT2D eigenvalue weighted by molar-refractivity contribution is 5.18. The number of aromatic nitrogens is 5. The van der Waals surface area contributed by atoms with Crippen LogP contribution < -0.4 is 0 Å². The topological polar surface area (TPSA) is 64.5 Å². The maximum Gasteiger partial charge on any atom is 0.0656 e. The molecule has 0 saturated heterocycles. The molecule has 198 valence electrons. The summed E-state index contributed by atoms with van der Waals surface area (Å²) in [6.07, 6.45) is 5.74. The lowest BCUT2D eigenvalue weighted by molar-refractivity contribution is 0.733. The van der Waals surface area contributed by atoms with E-state index in [-0.39, 0.29) is 0 Å². The summed E-state index contributed by atoms with van der Waals surface area (Å²) >= 11 is 0. The second kappa shape index (κ2) is 15.4. The number of nitrogens with zero attached hydrogens (tertiary/aromatic N) is 5. The Morgan fingerprint density at radius 2 is 0.694 bits per heavy atom. The van der Waals surface area contributed by atoms with Crippen LogP contribution >= 0.6 is 0 Å². The smallest absolute Gasteiger partial charge is 0.0656 e. The molecule has 0 aliphatic carbocycles. The van der Waals surface area contributed by atoms with Gasteiger partial charge >= 0.3 is 0 Å². The average molecular weight is 492 g/mol. The molecule has 0 aliphatic heterocycles. The van der Waals surface area contributed by atoms with Crippen LogP contribution in [0.2, 0.25) is 0 Å². The summed E-state index contributed by atoms with van der Waals surface area (Å²) in [5, 5.41) is 8.30. The Morgan fingerprint density at radius 3 is 0.917 bits per heavy atom. The van der Waals surface area contributed by atoms with Crippen molar-refractivity contribution in [2.45, 2.75) is 119 Å². The summed E-state index contributed by atoms with van der Waals surface area (Å²) < 4.78 is 0. The molecule has 0 atom stereocenters. The SMILES string of the molecule is CC(C)c1ccc(C(C)C)nc1.CC(C)c1ccc(C(C)C)nn1.CC(C)c1cnc(C(C)C)cn1. The third-order valence-corrected chi connectivity index (χ3v) is 5.83. The Bertz CT molecular complexity index is 758. The van der Waals surface area contributed by atoms with Crippen LogP contribution in [0.3, 0.4) is 0 Å². The third-order valence-electron chi connectivity index (χ3n) is 5.83. The Morgan fingerprint density at radius 1 is 0.361 bits per heavy atom. The van der Waals surface area contributed by atoms with Crippen molar-refractivity contribution in [3.8, 4) is 0 Å². The third kappa shape index (κ3) is 10.9. The van der Waals surface area contributed by atoms with Crippen LogP contribution in [0.25, 0.3) is 0 Å². The van der Waals surface area contributed by atoms with Gasteiger partial charge in [-0.25, -0.2) is 0 Å². The van der Waals surface area contributed by atoms with Crippen LogP contribution in [0.4, 0.5) is 0 Å². The molecule has 0 aliphatic rings. The van der Waals surface area contributed by atoms with Gasteiger partial charge in [0.2, 0.25) is 0 Å². The molecule has 0 amide bonds. The zero-order valence-corrected chi connectivity index (χ0v) is 24.7. The zero-order chi connectivity index (χ0) is 27.4. The molecule has 0 fully saturated rings. The van der Waals surface area contributed by atoms with E-state index in [4.69, 9.17) is 0 Å². The molecule has 0 unspecified atom stereocenters. The molecule has 5 heteroatoms. The normalized spacial score (nSPS) is 11.2. The lowest BCUT2D eigenvalue weighted by Gasteiger charge is -2.07. The molecular formula is C31H49N5. The first kappa shape index (κ1) is 31.3. The van der Waals surface area contributed by atoms with E-state index in [1.54, 1.807) is 0 Å². The van der Waals surface area contributed by atoms with Crippen LogP contribution in [0.15, 0.2) is 42.9 Å². The van der Waals surface area contributed by atoms with E-state index < -0.39 is 0 Å². The molecule has 3 heterocycles. The highest BCUT2D eigenvalue weighted by Gasteiger charge is 2.05. The number of rotatable bonds is 6. The van der Waals surface area contributed by atoms with Crippen LogP contribution in [0, 0.1) is 0 Å². The predicted molar refractivity (Wildman–Crippen MR) is 153 cm³/mol. The van der Waals surface area contributed by atoms with Crippen LogP contribution in [-0.2, 0) is 0 Å². The fourth-order valence-electron chi connectivity index (χ4n) is 3.01. The first-order valence-electron chi connectivity index (χ1n) is 13.4. The molecule has 0 aromatic carbocycles. The molecule has 0 spiro atoms. The van der Waals surface area contributed by atoms with Gasteiger partial charge in [-0.05, 0) is 59.3 Å². The monoisotopic (exact) mass is 491 g/mol. The Kier molecular flexibility index (Phi) is 13.4. The summed E-state index contributed by atoms with van der Waals surface area (Å²) in [6.45, 7) is 25.7. The van der Waals surface area contributed by atoms with Crippen molar-refractivity contribution in [2.24, 2.45) is 0 Å². The number of pyridine rings is 1. The van der Waals surface area contributed by atoms with E-state index in [0.717, 1.165) is 22.8 Å². The minimum atomic E-state index is 0.471. The average Bonchev–Trinajstić information content (AvgIpc) is 2.84.